The molecular weight excluding hydrogens is 432 g/mol. The van der Waals surface area contributed by atoms with E-state index in [4.69, 9.17) is 9.47 Å². The first-order valence-electron chi connectivity index (χ1n) is 10.7. The van der Waals surface area contributed by atoms with E-state index in [1.807, 2.05) is 19.9 Å². The Labute approximate surface area is 191 Å². The predicted octanol–water partition coefficient (Wildman–Crippen LogP) is 2.67. The molecule has 1 aromatic carbocycles. The van der Waals surface area contributed by atoms with Crippen LogP contribution in [0.5, 0.6) is 5.75 Å². The number of carbonyl (C=O) groups excluding carboxylic acids is 2. The van der Waals surface area contributed by atoms with Crippen molar-refractivity contribution < 1.29 is 27.5 Å². The van der Waals surface area contributed by atoms with Gasteiger partial charge >= 0.3 is 5.97 Å². The fraction of sp³-hybridized carbons (Fsp3) is 0.652. The van der Waals surface area contributed by atoms with Gasteiger partial charge in [0, 0.05) is 25.2 Å². The number of nitrogens with zero attached hydrogens (tertiary/aromatic N) is 2. The maximum Gasteiger partial charge on any atom is 0.333 e. The second-order valence-electron chi connectivity index (χ2n) is 9.84. The Bertz CT molecular complexity index is 967. The summed E-state index contributed by atoms with van der Waals surface area (Å²) in [6, 6.07) is 5.27. The molecule has 1 saturated heterocycles. The van der Waals surface area contributed by atoms with Crippen LogP contribution in [0.4, 0.5) is 0 Å². The minimum absolute atomic E-state index is 0.0155. The topological polar surface area (TPSA) is 93.2 Å². The molecule has 1 amide bonds. The van der Waals surface area contributed by atoms with Crippen LogP contribution in [-0.2, 0) is 25.0 Å². The molecule has 0 saturated carbocycles. The Morgan fingerprint density at radius 2 is 1.78 bits per heavy atom. The molecule has 2 rings (SSSR count). The number of rotatable bonds is 6. The van der Waals surface area contributed by atoms with Gasteiger partial charge in [-0.15, -0.1) is 0 Å². The zero-order valence-corrected chi connectivity index (χ0v) is 21.2. The fourth-order valence-corrected chi connectivity index (χ4v) is 5.22. The predicted molar refractivity (Wildman–Crippen MR) is 123 cm³/mol. The van der Waals surface area contributed by atoms with Crippen molar-refractivity contribution in [3.8, 4) is 5.75 Å². The largest absolute Gasteiger partial charge is 0.496 e. The van der Waals surface area contributed by atoms with Crippen LogP contribution in [0.15, 0.2) is 18.2 Å². The highest BCUT2D eigenvalue weighted by Gasteiger charge is 2.53. The molecular formula is C23H36N2O6S. The van der Waals surface area contributed by atoms with Gasteiger partial charge in [0.25, 0.3) is 5.91 Å². The summed E-state index contributed by atoms with van der Waals surface area (Å²) in [6.07, 6.45) is 1.38. The van der Waals surface area contributed by atoms with Crippen LogP contribution in [0.25, 0.3) is 0 Å². The van der Waals surface area contributed by atoms with Gasteiger partial charge in [-0.05, 0) is 35.4 Å². The normalized spacial score (nSPS) is 20.3. The molecule has 1 aliphatic rings. The van der Waals surface area contributed by atoms with Gasteiger partial charge in [-0.2, -0.15) is 4.31 Å². The Morgan fingerprint density at radius 1 is 1.16 bits per heavy atom. The van der Waals surface area contributed by atoms with E-state index in [1.165, 1.54) is 16.3 Å². The molecule has 0 spiro atoms. The van der Waals surface area contributed by atoms with E-state index < -0.39 is 21.5 Å². The average Bonchev–Trinajstić information content (AvgIpc) is 2.70. The molecule has 1 unspecified atom stereocenters. The van der Waals surface area contributed by atoms with Crippen molar-refractivity contribution in [1.29, 1.82) is 0 Å². The number of methoxy groups -OCH3 is 2. The average molecular weight is 469 g/mol. The third-order valence-corrected chi connectivity index (χ3v) is 7.06. The number of ether oxygens (including phenoxy) is 2. The van der Waals surface area contributed by atoms with Gasteiger partial charge in [0.1, 0.15) is 5.75 Å². The number of sulfonamides is 1. The maximum absolute atomic E-state index is 13.7. The van der Waals surface area contributed by atoms with Crippen molar-refractivity contribution in [1.82, 2.24) is 9.21 Å². The van der Waals surface area contributed by atoms with Crippen LogP contribution in [0.2, 0.25) is 0 Å². The van der Waals surface area contributed by atoms with Gasteiger partial charge in [0.05, 0.1) is 20.5 Å². The molecule has 8 nitrogen and oxygen atoms in total. The molecule has 0 N–H and O–H groups in total. The van der Waals surface area contributed by atoms with Crippen LogP contribution >= 0.6 is 0 Å². The maximum atomic E-state index is 13.7. The summed E-state index contributed by atoms with van der Waals surface area (Å²) in [5, 5.41) is 0. The highest BCUT2D eigenvalue weighted by atomic mass is 32.2. The van der Waals surface area contributed by atoms with Crippen LogP contribution in [-0.4, -0.2) is 75.1 Å². The minimum Gasteiger partial charge on any atom is -0.496 e. The third kappa shape index (κ3) is 5.26. The second-order valence-corrected chi connectivity index (χ2v) is 11.8. The van der Waals surface area contributed by atoms with E-state index in [9.17, 15) is 18.0 Å². The minimum atomic E-state index is -3.55. The zero-order chi connectivity index (χ0) is 24.5. The third-order valence-electron chi connectivity index (χ3n) is 5.81. The number of hydrogen-bond acceptors (Lipinski definition) is 6. The van der Waals surface area contributed by atoms with E-state index in [-0.39, 0.29) is 43.3 Å². The number of benzene rings is 1. The smallest absolute Gasteiger partial charge is 0.333 e. The molecule has 0 aromatic heterocycles. The standard InChI is InChI=1S/C23H36N2O6S/c1-16(2)14-23(21(27)31-7)15-24(32(8,28)29)11-12-25(23)20(26)17-9-10-18(22(3,4)5)19(13-17)30-6/h9-10,13,16H,11-12,14-15H2,1-8H3. The van der Waals surface area contributed by atoms with E-state index in [0.717, 1.165) is 11.8 Å². The molecule has 0 bridgehead atoms. The monoisotopic (exact) mass is 468 g/mol. The number of piperazine rings is 1. The van der Waals surface area contributed by atoms with E-state index in [1.54, 1.807) is 19.2 Å². The van der Waals surface area contributed by atoms with Crippen molar-refractivity contribution >= 4 is 21.9 Å². The van der Waals surface area contributed by atoms with Crippen LogP contribution in [0.3, 0.4) is 0 Å². The summed E-state index contributed by atoms with van der Waals surface area (Å²) >= 11 is 0. The van der Waals surface area contributed by atoms with Crippen LogP contribution in [0, 0.1) is 5.92 Å². The van der Waals surface area contributed by atoms with Crippen molar-refractivity contribution in [2.75, 3.05) is 40.1 Å². The van der Waals surface area contributed by atoms with E-state index >= 15 is 0 Å². The number of carbonyl (C=O) groups is 2. The van der Waals surface area contributed by atoms with Crippen molar-refractivity contribution in [3.05, 3.63) is 29.3 Å². The highest BCUT2D eigenvalue weighted by molar-refractivity contribution is 7.88. The molecule has 1 atom stereocenters. The molecule has 1 heterocycles. The lowest BCUT2D eigenvalue weighted by atomic mass is 9.84. The highest BCUT2D eigenvalue weighted by Crippen LogP contribution is 2.35. The Balaban J connectivity index is 2.59. The summed E-state index contributed by atoms with van der Waals surface area (Å²) < 4.78 is 36.5. The van der Waals surface area contributed by atoms with Crippen LogP contribution in [0.1, 0.15) is 57.0 Å². The summed E-state index contributed by atoms with van der Waals surface area (Å²) in [5.41, 5.74) is -0.266. The molecule has 1 fully saturated rings. The van der Waals surface area contributed by atoms with Gasteiger partial charge in [-0.3, -0.25) is 4.79 Å². The summed E-state index contributed by atoms with van der Waals surface area (Å²) in [7, 11) is -0.739. The van der Waals surface area contributed by atoms with Gasteiger partial charge in [-0.25, -0.2) is 13.2 Å². The molecule has 180 valence electrons. The van der Waals surface area contributed by atoms with Gasteiger partial charge in [-0.1, -0.05) is 40.7 Å². The van der Waals surface area contributed by atoms with Gasteiger partial charge in [0.15, 0.2) is 5.54 Å². The van der Waals surface area contributed by atoms with E-state index in [0.29, 0.717) is 11.3 Å². The summed E-state index contributed by atoms with van der Waals surface area (Å²) in [6.45, 7) is 10.1. The summed E-state index contributed by atoms with van der Waals surface area (Å²) in [4.78, 5) is 28.3. The van der Waals surface area contributed by atoms with Gasteiger partial charge in [0.2, 0.25) is 10.0 Å². The first kappa shape index (κ1) is 26.1. The quantitative estimate of drug-likeness (QED) is 0.596. The lowest BCUT2D eigenvalue weighted by Crippen LogP contribution is -2.68. The number of esters is 1. The fourth-order valence-electron chi connectivity index (χ4n) is 4.36. The van der Waals surface area contributed by atoms with Crippen LogP contribution < -0.4 is 4.74 Å². The lowest BCUT2D eigenvalue weighted by Gasteiger charge is -2.48. The van der Waals surface area contributed by atoms with Crippen molar-refractivity contribution in [2.45, 2.75) is 52.0 Å². The molecule has 1 aliphatic heterocycles. The Hall–Kier alpha value is -2.13. The SMILES string of the molecule is COC(=O)C1(CC(C)C)CN(S(C)(=O)=O)CCN1C(=O)c1ccc(C(C)(C)C)c(OC)c1. The molecule has 0 aliphatic carbocycles. The second kappa shape index (κ2) is 9.39. The zero-order valence-electron chi connectivity index (χ0n) is 20.4. The lowest BCUT2D eigenvalue weighted by molar-refractivity contribution is -0.157. The Kier molecular flexibility index (Phi) is 7.67. The molecule has 32 heavy (non-hydrogen) atoms. The first-order chi connectivity index (χ1) is 14.7. The summed E-state index contributed by atoms with van der Waals surface area (Å²) in [5.74, 6) is -0.374. The van der Waals surface area contributed by atoms with Crippen molar-refractivity contribution in [2.24, 2.45) is 5.92 Å². The number of amides is 1. The molecule has 9 heteroatoms. The number of hydrogen-bond donors (Lipinski definition) is 0. The molecule has 1 aromatic rings. The van der Waals surface area contributed by atoms with Crippen molar-refractivity contribution in [3.63, 3.8) is 0 Å². The molecule has 0 radical (unpaired) electrons. The first-order valence-corrected chi connectivity index (χ1v) is 12.6. The van der Waals surface area contributed by atoms with Gasteiger partial charge < -0.3 is 14.4 Å². The Morgan fingerprint density at radius 3 is 2.25 bits per heavy atom. The van der Waals surface area contributed by atoms with E-state index in [2.05, 4.69) is 20.8 Å².